The quantitative estimate of drug-likeness (QED) is 0.725. The van der Waals surface area contributed by atoms with Gasteiger partial charge in [-0.2, -0.15) is 0 Å². The van der Waals surface area contributed by atoms with Crippen molar-refractivity contribution in [3.05, 3.63) is 34.1 Å². The lowest BCUT2D eigenvalue weighted by atomic mass is 10.2. The SMILES string of the molecule is CC(=O)N1CCN(C(=O)C(C)OC(=O)c2ccc(Br)cc2F)CC1. The molecule has 1 atom stereocenters. The second-order valence-electron chi connectivity index (χ2n) is 5.50. The van der Waals surface area contributed by atoms with Gasteiger partial charge in [0.1, 0.15) is 5.82 Å². The third-order valence-electron chi connectivity index (χ3n) is 3.82. The number of rotatable bonds is 3. The zero-order chi connectivity index (χ0) is 17.9. The van der Waals surface area contributed by atoms with Gasteiger partial charge < -0.3 is 14.5 Å². The van der Waals surface area contributed by atoms with Crippen LogP contribution in [0.3, 0.4) is 0 Å². The molecule has 1 heterocycles. The molecule has 0 saturated carbocycles. The van der Waals surface area contributed by atoms with E-state index >= 15 is 0 Å². The highest BCUT2D eigenvalue weighted by molar-refractivity contribution is 9.10. The van der Waals surface area contributed by atoms with Crippen molar-refractivity contribution < 1.29 is 23.5 Å². The Hall–Kier alpha value is -1.96. The predicted molar refractivity (Wildman–Crippen MR) is 87.8 cm³/mol. The molecule has 6 nitrogen and oxygen atoms in total. The van der Waals surface area contributed by atoms with Crippen LogP contribution in [0.2, 0.25) is 0 Å². The Labute approximate surface area is 147 Å². The van der Waals surface area contributed by atoms with Gasteiger partial charge in [0.15, 0.2) is 6.10 Å². The number of hydrogen-bond donors (Lipinski definition) is 0. The average Bonchev–Trinajstić information content (AvgIpc) is 2.53. The maximum Gasteiger partial charge on any atom is 0.341 e. The summed E-state index contributed by atoms with van der Waals surface area (Å²) >= 11 is 3.11. The van der Waals surface area contributed by atoms with Crippen LogP contribution in [0.25, 0.3) is 0 Å². The average molecular weight is 401 g/mol. The van der Waals surface area contributed by atoms with Crippen LogP contribution in [0.5, 0.6) is 0 Å². The Kier molecular flexibility index (Phi) is 5.93. The molecule has 1 aliphatic rings. The molecule has 0 bridgehead atoms. The molecule has 130 valence electrons. The van der Waals surface area contributed by atoms with Crippen LogP contribution in [0.4, 0.5) is 4.39 Å². The van der Waals surface area contributed by atoms with Crippen molar-refractivity contribution in [3.8, 4) is 0 Å². The van der Waals surface area contributed by atoms with Gasteiger partial charge in [0.25, 0.3) is 5.91 Å². The lowest BCUT2D eigenvalue weighted by Crippen LogP contribution is -2.52. The molecule has 0 radical (unpaired) electrons. The van der Waals surface area contributed by atoms with E-state index in [4.69, 9.17) is 4.74 Å². The van der Waals surface area contributed by atoms with Crippen molar-refractivity contribution in [3.63, 3.8) is 0 Å². The van der Waals surface area contributed by atoms with E-state index in [1.54, 1.807) is 4.90 Å². The van der Waals surface area contributed by atoms with E-state index in [9.17, 15) is 18.8 Å². The number of halogens is 2. The summed E-state index contributed by atoms with van der Waals surface area (Å²) in [5.41, 5.74) is -0.223. The molecular formula is C16H18BrFN2O4. The minimum Gasteiger partial charge on any atom is -0.449 e. The molecule has 2 amide bonds. The van der Waals surface area contributed by atoms with Gasteiger partial charge in [-0.1, -0.05) is 15.9 Å². The molecule has 1 aromatic carbocycles. The number of carbonyl (C=O) groups excluding carboxylic acids is 3. The molecule has 2 rings (SSSR count). The number of ether oxygens (including phenoxy) is 1. The zero-order valence-electron chi connectivity index (χ0n) is 13.4. The van der Waals surface area contributed by atoms with Gasteiger partial charge in [-0.05, 0) is 25.1 Å². The minimum absolute atomic E-state index is 0.0349. The van der Waals surface area contributed by atoms with Gasteiger partial charge in [0.2, 0.25) is 5.91 Å². The molecule has 1 aromatic rings. The largest absolute Gasteiger partial charge is 0.449 e. The monoisotopic (exact) mass is 400 g/mol. The van der Waals surface area contributed by atoms with Crippen LogP contribution < -0.4 is 0 Å². The number of carbonyl (C=O) groups is 3. The van der Waals surface area contributed by atoms with Crippen molar-refractivity contribution in [1.29, 1.82) is 0 Å². The van der Waals surface area contributed by atoms with Gasteiger partial charge in [-0.3, -0.25) is 9.59 Å². The van der Waals surface area contributed by atoms with Crippen molar-refractivity contribution in [1.82, 2.24) is 9.80 Å². The Morgan fingerprint density at radius 3 is 2.29 bits per heavy atom. The molecule has 8 heteroatoms. The first-order chi connectivity index (χ1) is 11.3. The fourth-order valence-electron chi connectivity index (χ4n) is 2.43. The van der Waals surface area contributed by atoms with Gasteiger partial charge in [-0.25, -0.2) is 9.18 Å². The van der Waals surface area contributed by atoms with Crippen LogP contribution in [0.1, 0.15) is 24.2 Å². The second kappa shape index (κ2) is 7.74. The third-order valence-corrected chi connectivity index (χ3v) is 4.31. The first-order valence-electron chi connectivity index (χ1n) is 7.50. The van der Waals surface area contributed by atoms with E-state index in [0.29, 0.717) is 30.7 Å². The Morgan fingerprint density at radius 1 is 1.17 bits per heavy atom. The van der Waals surface area contributed by atoms with Gasteiger partial charge in [-0.15, -0.1) is 0 Å². The van der Waals surface area contributed by atoms with Crippen molar-refractivity contribution in [2.24, 2.45) is 0 Å². The van der Waals surface area contributed by atoms with Gasteiger partial charge >= 0.3 is 5.97 Å². The molecule has 0 N–H and O–H groups in total. The topological polar surface area (TPSA) is 66.9 Å². The van der Waals surface area contributed by atoms with E-state index in [1.165, 1.54) is 30.9 Å². The Balaban J connectivity index is 1.94. The summed E-state index contributed by atoms with van der Waals surface area (Å²) < 4.78 is 19.3. The smallest absolute Gasteiger partial charge is 0.341 e. The number of benzene rings is 1. The Bertz CT molecular complexity index is 659. The molecule has 1 aliphatic heterocycles. The fourth-order valence-corrected chi connectivity index (χ4v) is 2.76. The maximum atomic E-state index is 13.8. The molecule has 0 aromatic heterocycles. The first-order valence-corrected chi connectivity index (χ1v) is 8.29. The summed E-state index contributed by atoms with van der Waals surface area (Å²) in [5, 5.41) is 0. The van der Waals surface area contributed by atoms with E-state index in [2.05, 4.69) is 15.9 Å². The molecule has 0 aliphatic carbocycles. The maximum absolute atomic E-state index is 13.8. The van der Waals surface area contributed by atoms with E-state index < -0.39 is 17.9 Å². The minimum atomic E-state index is -1.02. The summed E-state index contributed by atoms with van der Waals surface area (Å²) in [6.07, 6.45) is -1.02. The van der Waals surface area contributed by atoms with Crippen LogP contribution in [-0.2, 0) is 14.3 Å². The van der Waals surface area contributed by atoms with E-state index in [1.807, 2.05) is 0 Å². The summed E-state index contributed by atoms with van der Waals surface area (Å²) in [6, 6.07) is 3.97. The van der Waals surface area contributed by atoms with E-state index in [0.717, 1.165) is 6.07 Å². The lowest BCUT2D eigenvalue weighted by molar-refractivity contribution is -0.144. The molecular weight excluding hydrogens is 383 g/mol. The predicted octanol–water partition coefficient (Wildman–Crippen LogP) is 1.82. The highest BCUT2D eigenvalue weighted by Gasteiger charge is 2.28. The highest BCUT2D eigenvalue weighted by Crippen LogP contribution is 2.17. The standard InChI is InChI=1S/C16H18BrFN2O4/c1-10(15(22)20-7-5-19(6-8-20)11(2)21)24-16(23)13-4-3-12(17)9-14(13)18/h3-4,9-10H,5-8H2,1-2H3. The van der Waals surface area contributed by atoms with Crippen LogP contribution in [0, 0.1) is 5.82 Å². The second-order valence-corrected chi connectivity index (χ2v) is 6.42. The first kappa shape index (κ1) is 18.4. The number of amides is 2. The summed E-state index contributed by atoms with van der Waals surface area (Å²) in [4.78, 5) is 38.8. The normalized spacial score (nSPS) is 15.8. The summed E-state index contributed by atoms with van der Waals surface area (Å²) in [6.45, 7) is 4.59. The third kappa shape index (κ3) is 4.31. The molecule has 0 spiro atoms. The number of piperazine rings is 1. The van der Waals surface area contributed by atoms with Crippen molar-refractivity contribution in [2.75, 3.05) is 26.2 Å². The number of esters is 1. The molecule has 1 saturated heterocycles. The van der Waals surface area contributed by atoms with Gasteiger partial charge in [0, 0.05) is 37.6 Å². The zero-order valence-corrected chi connectivity index (χ0v) is 15.0. The Morgan fingerprint density at radius 2 is 1.75 bits per heavy atom. The lowest BCUT2D eigenvalue weighted by Gasteiger charge is -2.35. The number of nitrogens with zero attached hydrogens (tertiary/aromatic N) is 2. The molecule has 1 fully saturated rings. The van der Waals surface area contributed by atoms with Crippen molar-refractivity contribution >= 4 is 33.7 Å². The van der Waals surface area contributed by atoms with Crippen LogP contribution in [0.15, 0.2) is 22.7 Å². The van der Waals surface area contributed by atoms with Gasteiger partial charge in [0.05, 0.1) is 5.56 Å². The van der Waals surface area contributed by atoms with Crippen LogP contribution >= 0.6 is 15.9 Å². The highest BCUT2D eigenvalue weighted by atomic mass is 79.9. The number of hydrogen-bond acceptors (Lipinski definition) is 4. The molecule has 24 heavy (non-hydrogen) atoms. The van der Waals surface area contributed by atoms with E-state index in [-0.39, 0.29) is 17.4 Å². The molecule has 1 unspecified atom stereocenters. The summed E-state index contributed by atoms with van der Waals surface area (Å²) in [7, 11) is 0. The van der Waals surface area contributed by atoms with Crippen molar-refractivity contribution in [2.45, 2.75) is 20.0 Å². The van der Waals surface area contributed by atoms with Crippen LogP contribution in [-0.4, -0.2) is 59.9 Å². The summed E-state index contributed by atoms with van der Waals surface area (Å²) in [5.74, 6) is -2.00. The fraction of sp³-hybridized carbons (Fsp3) is 0.438.